The first-order valence-corrected chi connectivity index (χ1v) is 7.48. The first kappa shape index (κ1) is 12.5. The summed E-state index contributed by atoms with van der Waals surface area (Å²) in [5, 5.41) is 0.501. The van der Waals surface area contributed by atoms with E-state index in [1.54, 1.807) is 13.0 Å². The highest BCUT2D eigenvalue weighted by Crippen LogP contribution is 2.36. The maximum atomic E-state index is 13.3. The zero-order chi connectivity index (χ0) is 12.8. The van der Waals surface area contributed by atoms with E-state index >= 15 is 0 Å². The van der Waals surface area contributed by atoms with Gasteiger partial charge in [0.15, 0.2) is 0 Å². The predicted octanol–water partition coefficient (Wildman–Crippen LogP) is 3.99. The van der Waals surface area contributed by atoms with Crippen LogP contribution >= 0.6 is 11.3 Å². The Balaban J connectivity index is 2.83. The number of halogens is 1. The van der Waals surface area contributed by atoms with Crippen molar-refractivity contribution in [1.82, 2.24) is 0 Å². The predicted molar refractivity (Wildman–Crippen MR) is 68.9 cm³/mol. The molecule has 1 aromatic carbocycles. The lowest BCUT2D eigenvalue weighted by molar-refractivity contribution is 0.553. The van der Waals surface area contributed by atoms with Gasteiger partial charge in [-0.05, 0) is 30.5 Å². The number of fused-ring (bicyclic) bond motifs is 1. The molecule has 0 unspecified atom stereocenters. The summed E-state index contributed by atoms with van der Waals surface area (Å²) in [5.74, 6) is 0.287. The summed E-state index contributed by atoms with van der Waals surface area (Å²) >= 11 is 1.31. The van der Waals surface area contributed by atoms with E-state index in [9.17, 15) is 12.3 Å². The number of aryl methyl sites for hydroxylation is 1. The Labute approximate surface area is 104 Å². The van der Waals surface area contributed by atoms with Crippen molar-refractivity contribution in [2.45, 2.75) is 31.6 Å². The van der Waals surface area contributed by atoms with Crippen molar-refractivity contribution < 1.29 is 12.3 Å². The highest BCUT2D eigenvalue weighted by atomic mass is 32.3. The standard InChI is InChI=1S/C12H13FO2S2/c1-7(2)9-4-5-11-10(6-9)12(8(3)16-11)17(13,14)15/h4-7H,1-3H3. The Morgan fingerprint density at radius 1 is 1.29 bits per heavy atom. The first-order chi connectivity index (χ1) is 7.80. The van der Waals surface area contributed by atoms with E-state index in [2.05, 4.69) is 0 Å². The molecule has 2 rings (SSSR count). The molecule has 0 fully saturated rings. The molecule has 92 valence electrons. The van der Waals surface area contributed by atoms with Crippen LogP contribution in [0.4, 0.5) is 3.89 Å². The maximum absolute atomic E-state index is 13.3. The molecule has 0 saturated heterocycles. The minimum atomic E-state index is -4.65. The van der Waals surface area contributed by atoms with Crippen LogP contribution in [0.15, 0.2) is 23.1 Å². The average molecular weight is 272 g/mol. The van der Waals surface area contributed by atoms with Gasteiger partial charge < -0.3 is 0 Å². The van der Waals surface area contributed by atoms with Crippen molar-refractivity contribution >= 4 is 31.6 Å². The molecule has 17 heavy (non-hydrogen) atoms. The number of thiophene rings is 1. The largest absolute Gasteiger partial charge is 0.333 e. The van der Waals surface area contributed by atoms with Crippen molar-refractivity contribution in [3.63, 3.8) is 0 Å². The van der Waals surface area contributed by atoms with Crippen LogP contribution in [0.5, 0.6) is 0 Å². The molecule has 0 saturated carbocycles. The topological polar surface area (TPSA) is 34.1 Å². The molecule has 0 amide bonds. The van der Waals surface area contributed by atoms with Crippen molar-refractivity contribution in [3.05, 3.63) is 28.6 Å². The van der Waals surface area contributed by atoms with Gasteiger partial charge in [-0.15, -0.1) is 15.2 Å². The summed E-state index contributed by atoms with van der Waals surface area (Å²) < 4.78 is 36.4. The third-order valence-corrected chi connectivity index (χ3v) is 4.97. The molecule has 0 aliphatic heterocycles. The third kappa shape index (κ3) is 2.21. The van der Waals surface area contributed by atoms with Crippen LogP contribution in [-0.4, -0.2) is 8.42 Å². The molecular formula is C12H13FO2S2. The average Bonchev–Trinajstić information content (AvgIpc) is 2.51. The molecule has 1 aromatic heterocycles. The van der Waals surface area contributed by atoms with Gasteiger partial charge in [-0.25, -0.2) is 0 Å². The zero-order valence-corrected chi connectivity index (χ0v) is 11.5. The zero-order valence-electron chi connectivity index (χ0n) is 9.82. The molecule has 0 bridgehead atoms. The van der Waals surface area contributed by atoms with E-state index < -0.39 is 10.2 Å². The van der Waals surface area contributed by atoms with Gasteiger partial charge in [0.05, 0.1) is 0 Å². The lowest BCUT2D eigenvalue weighted by Crippen LogP contribution is -1.93. The Morgan fingerprint density at radius 2 is 1.94 bits per heavy atom. The quantitative estimate of drug-likeness (QED) is 0.775. The summed E-state index contributed by atoms with van der Waals surface area (Å²) in [6, 6.07) is 5.59. The van der Waals surface area contributed by atoms with Crippen LogP contribution < -0.4 is 0 Å². The molecule has 5 heteroatoms. The highest BCUT2D eigenvalue weighted by Gasteiger charge is 2.22. The fourth-order valence-electron chi connectivity index (χ4n) is 1.88. The van der Waals surface area contributed by atoms with Crippen molar-refractivity contribution in [2.75, 3.05) is 0 Å². The second-order valence-corrected chi connectivity index (χ2v) is 6.88. The van der Waals surface area contributed by atoms with Crippen LogP contribution in [0, 0.1) is 6.92 Å². The SMILES string of the molecule is Cc1sc2ccc(C(C)C)cc2c1S(=O)(=O)F. The number of benzene rings is 1. The highest BCUT2D eigenvalue weighted by molar-refractivity contribution is 7.86. The second-order valence-electron chi connectivity index (χ2n) is 4.34. The number of rotatable bonds is 2. The number of hydrogen-bond donors (Lipinski definition) is 0. The lowest BCUT2D eigenvalue weighted by Gasteiger charge is -2.05. The van der Waals surface area contributed by atoms with Gasteiger partial charge in [-0.3, -0.25) is 0 Å². The Bertz CT molecular complexity index is 669. The molecule has 0 aliphatic rings. The Hall–Kier alpha value is -0.940. The normalized spacial score (nSPS) is 12.5. The second kappa shape index (κ2) is 4.07. The minimum absolute atomic E-state index is 0.167. The molecular weight excluding hydrogens is 259 g/mol. The minimum Gasteiger partial charge on any atom is -0.189 e. The molecule has 1 heterocycles. The summed E-state index contributed by atoms with van der Waals surface area (Å²) in [4.78, 5) is 0.336. The molecule has 2 nitrogen and oxygen atoms in total. The molecule has 0 atom stereocenters. The fourth-order valence-corrected chi connectivity index (χ4v) is 4.08. The molecule has 0 N–H and O–H groups in total. The maximum Gasteiger partial charge on any atom is 0.333 e. The fraction of sp³-hybridized carbons (Fsp3) is 0.333. The summed E-state index contributed by atoms with van der Waals surface area (Å²) in [6.45, 7) is 5.67. The molecule has 0 radical (unpaired) electrons. The van der Waals surface area contributed by atoms with E-state index in [0.29, 0.717) is 10.3 Å². The van der Waals surface area contributed by atoms with Gasteiger partial charge in [0.1, 0.15) is 4.90 Å². The van der Waals surface area contributed by atoms with Gasteiger partial charge in [-0.2, -0.15) is 8.42 Å². The lowest BCUT2D eigenvalue weighted by atomic mass is 10.0. The monoisotopic (exact) mass is 272 g/mol. The van der Waals surface area contributed by atoms with E-state index in [-0.39, 0.29) is 10.8 Å². The Morgan fingerprint density at radius 3 is 2.47 bits per heavy atom. The van der Waals surface area contributed by atoms with E-state index in [4.69, 9.17) is 0 Å². The van der Waals surface area contributed by atoms with E-state index in [1.807, 2.05) is 26.0 Å². The van der Waals surface area contributed by atoms with Gasteiger partial charge in [0.2, 0.25) is 0 Å². The van der Waals surface area contributed by atoms with Gasteiger partial charge in [0, 0.05) is 15.0 Å². The molecule has 0 aliphatic carbocycles. The first-order valence-electron chi connectivity index (χ1n) is 5.28. The van der Waals surface area contributed by atoms with Crippen LogP contribution in [0.2, 0.25) is 0 Å². The number of hydrogen-bond acceptors (Lipinski definition) is 3. The van der Waals surface area contributed by atoms with Gasteiger partial charge in [0.25, 0.3) is 0 Å². The van der Waals surface area contributed by atoms with E-state index in [0.717, 1.165) is 10.3 Å². The summed E-state index contributed by atoms with van der Waals surface area (Å²) in [7, 11) is -4.65. The van der Waals surface area contributed by atoms with Crippen molar-refractivity contribution in [1.29, 1.82) is 0 Å². The third-order valence-electron chi connectivity index (χ3n) is 2.74. The van der Waals surface area contributed by atoms with Crippen LogP contribution in [0.25, 0.3) is 10.1 Å². The van der Waals surface area contributed by atoms with Crippen molar-refractivity contribution in [2.24, 2.45) is 0 Å². The van der Waals surface area contributed by atoms with Gasteiger partial charge in [-0.1, -0.05) is 19.9 Å². The molecule has 2 aromatic rings. The van der Waals surface area contributed by atoms with Crippen LogP contribution in [0.3, 0.4) is 0 Å². The van der Waals surface area contributed by atoms with Crippen LogP contribution in [0.1, 0.15) is 30.2 Å². The smallest absolute Gasteiger partial charge is 0.189 e. The van der Waals surface area contributed by atoms with E-state index in [1.165, 1.54) is 11.3 Å². The Kier molecular flexibility index (Phi) is 2.99. The van der Waals surface area contributed by atoms with Crippen LogP contribution in [-0.2, 0) is 10.2 Å². The van der Waals surface area contributed by atoms with Gasteiger partial charge >= 0.3 is 10.2 Å². The van der Waals surface area contributed by atoms with Crippen molar-refractivity contribution in [3.8, 4) is 0 Å². The summed E-state index contributed by atoms with van der Waals surface area (Å²) in [5.41, 5.74) is 1.01. The summed E-state index contributed by atoms with van der Waals surface area (Å²) in [6.07, 6.45) is 0. The molecule has 0 spiro atoms.